The molecule has 0 aliphatic carbocycles. The average molecular weight is 382 g/mol. The molecule has 1 saturated heterocycles. The van der Waals surface area contributed by atoms with Gasteiger partial charge in [-0.15, -0.1) is 0 Å². The highest BCUT2D eigenvalue weighted by Crippen LogP contribution is 2.18. The Morgan fingerprint density at radius 2 is 1.70 bits per heavy atom. The van der Waals surface area contributed by atoms with E-state index in [0.29, 0.717) is 5.11 Å². The first kappa shape index (κ1) is 19.4. The molecule has 0 spiro atoms. The molecule has 0 saturated carbocycles. The topological polar surface area (TPSA) is 44.4 Å². The molecular formula is C22H27N3OS. The summed E-state index contributed by atoms with van der Waals surface area (Å²) in [6.07, 6.45) is 4.37. The normalized spacial score (nSPS) is 15.1. The molecular weight excluding hydrogens is 354 g/mol. The van der Waals surface area contributed by atoms with Gasteiger partial charge < -0.3 is 15.5 Å². The number of carbonyl (C=O) groups excluding carboxylic acids is 1. The highest BCUT2D eigenvalue weighted by molar-refractivity contribution is 7.80. The summed E-state index contributed by atoms with van der Waals surface area (Å²) in [6.45, 7) is 3.86. The summed E-state index contributed by atoms with van der Waals surface area (Å²) < 4.78 is 0. The van der Waals surface area contributed by atoms with Gasteiger partial charge in [-0.05, 0) is 67.7 Å². The Bertz CT molecular complexity index is 755. The lowest BCUT2D eigenvalue weighted by molar-refractivity contribution is 0.0724. The van der Waals surface area contributed by atoms with Gasteiger partial charge in [-0.25, -0.2) is 0 Å². The Kier molecular flexibility index (Phi) is 6.82. The van der Waals surface area contributed by atoms with Crippen LogP contribution in [0.2, 0.25) is 0 Å². The van der Waals surface area contributed by atoms with E-state index in [2.05, 4.69) is 29.7 Å². The smallest absolute Gasteiger partial charge is 0.253 e. The molecule has 142 valence electrons. The molecule has 0 aromatic heterocycles. The number of amides is 1. The van der Waals surface area contributed by atoms with Crippen LogP contribution in [0.3, 0.4) is 0 Å². The molecule has 1 aliphatic heterocycles. The fourth-order valence-electron chi connectivity index (χ4n) is 3.41. The molecule has 1 fully saturated rings. The van der Waals surface area contributed by atoms with Gasteiger partial charge in [0.1, 0.15) is 0 Å². The lowest BCUT2D eigenvalue weighted by Crippen LogP contribution is -2.35. The van der Waals surface area contributed by atoms with E-state index >= 15 is 0 Å². The van der Waals surface area contributed by atoms with Crippen LogP contribution in [0.15, 0.2) is 54.6 Å². The van der Waals surface area contributed by atoms with E-state index in [1.54, 1.807) is 0 Å². The monoisotopic (exact) mass is 381 g/mol. The fraction of sp³-hybridized carbons (Fsp3) is 0.364. The third kappa shape index (κ3) is 5.30. The second kappa shape index (κ2) is 9.51. The van der Waals surface area contributed by atoms with Crippen LogP contribution in [-0.2, 0) is 0 Å². The zero-order chi connectivity index (χ0) is 19.1. The van der Waals surface area contributed by atoms with Gasteiger partial charge in [-0.2, -0.15) is 0 Å². The minimum atomic E-state index is 0.122. The second-order valence-corrected chi connectivity index (χ2v) is 7.31. The van der Waals surface area contributed by atoms with E-state index in [1.807, 2.05) is 47.4 Å². The summed E-state index contributed by atoms with van der Waals surface area (Å²) in [5.41, 5.74) is 2.83. The van der Waals surface area contributed by atoms with Crippen LogP contribution < -0.4 is 10.6 Å². The number of hydrogen-bond acceptors (Lipinski definition) is 2. The molecule has 1 aliphatic rings. The number of benzene rings is 2. The van der Waals surface area contributed by atoms with Crippen LogP contribution in [0.5, 0.6) is 0 Å². The molecule has 5 heteroatoms. The molecule has 27 heavy (non-hydrogen) atoms. The lowest BCUT2D eigenvalue weighted by Gasteiger charge is -2.26. The van der Waals surface area contributed by atoms with Crippen LogP contribution in [-0.4, -0.2) is 29.0 Å². The molecule has 2 aromatic rings. The first-order chi connectivity index (χ1) is 13.2. The van der Waals surface area contributed by atoms with Crippen LogP contribution in [0, 0.1) is 0 Å². The summed E-state index contributed by atoms with van der Waals surface area (Å²) in [4.78, 5) is 14.5. The van der Waals surface area contributed by atoms with Gasteiger partial charge in [0.05, 0.1) is 6.04 Å². The van der Waals surface area contributed by atoms with Crippen molar-refractivity contribution in [2.24, 2.45) is 0 Å². The molecule has 0 bridgehead atoms. The number of thiocarbonyl (C=S) groups is 1. The van der Waals surface area contributed by atoms with Gasteiger partial charge in [0.25, 0.3) is 5.91 Å². The van der Waals surface area contributed by atoms with E-state index in [0.717, 1.165) is 43.6 Å². The summed E-state index contributed by atoms with van der Waals surface area (Å²) in [7, 11) is 0. The van der Waals surface area contributed by atoms with Gasteiger partial charge in [0.2, 0.25) is 0 Å². The number of rotatable bonds is 5. The highest BCUT2D eigenvalue weighted by Gasteiger charge is 2.18. The highest BCUT2D eigenvalue weighted by atomic mass is 32.1. The number of anilines is 1. The predicted molar refractivity (Wildman–Crippen MR) is 115 cm³/mol. The van der Waals surface area contributed by atoms with Gasteiger partial charge in [-0.1, -0.05) is 37.3 Å². The maximum absolute atomic E-state index is 12.5. The molecule has 2 aromatic carbocycles. The molecule has 1 heterocycles. The SMILES string of the molecule is CC[C@@H](NC(=S)Nc1ccc(C(=O)N2CCCCC2)cc1)c1ccccc1. The zero-order valence-electron chi connectivity index (χ0n) is 15.8. The van der Waals surface area contributed by atoms with Crippen molar-refractivity contribution in [3.63, 3.8) is 0 Å². The third-order valence-corrected chi connectivity index (χ3v) is 5.17. The van der Waals surface area contributed by atoms with E-state index in [9.17, 15) is 4.79 Å². The van der Waals surface area contributed by atoms with Crippen LogP contribution in [0.1, 0.15) is 54.6 Å². The number of piperidine rings is 1. The predicted octanol–water partition coefficient (Wildman–Crippen LogP) is 4.75. The standard InChI is InChI=1S/C22H27N3OS/c1-2-20(17-9-5-3-6-10-17)24-22(27)23-19-13-11-18(12-14-19)21(26)25-15-7-4-8-16-25/h3,5-6,9-14,20H,2,4,7-8,15-16H2,1H3,(H2,23,24,27)/t20-/m1/s1. The average Bonchev–Trinajstić information content (AvgIpc) is 2.73. The lowest BCUT2D eigenvalue weighted by atomic mass is 10.1. The zero-order valence-corrected chi connectivity index (χ0v) is 16.6. The van der Waals surface area contributed by atoms with Crippen molar-refractivity contribution in [2.75, 3.05) is 18.4 Å². The van der Waals surface area contributed by atoms with E-state index in [4.69, 9.17) is 12.2 Å². The Balaban J connectivity index is 1.57. The van der Waals surface area contributed by atoms with Gasteiger partial charge in [-0.3, -0.25) is 4.79 Å². The number of nitrogens with one attached hydrogen (secondary N) is 2. The molecule has 4 nitrogen and oxygen atoms in total. The van der Waals surface area contributed by atoms with Crippen molar-refractivity contribution < 1.29 is 4.79 Å². The van der Waals surface area contributed by atoms with Crippen molar-refractivity contribution in [3.8, 4) is 0 Å². The second-order valence-electron chi connectivity index (χ2n) is 6.90. The van der Waals surface area contributed by atoms with Crippen molar-refractivity contribution in [2.45, 2.75) is 38.6 Å². The summed E-state index contributed by atoms with van der Waals surface area (Å²) in [6, 6.07) is 18.0. The first-order valence-electron chi connectivity index (χ1n) is 9.69. The van der Waals surface area contributed by atoms with Gasteiger partial charge in [0, 0.05) is 24.3 Å². The van der Waals surface area contributed by atoms with E-state index in [-0.39, 0.29) is 11.9 Å². The molecule has 1 amide bonds. The first-order valence-corrected chi connectivity index (χ1v) is 10.1. The summed E-state index contributed by atoms with van der Waals surface area (Å²) >= 11 is 5.47. The minimum Gasteiger partial charge on any atom is -0.356 e. The van der Waals surface area contributed by atoms with E-state index < -0.39 is 0 Å². The van der Waals surface area contributed by atoms with Crippen LogP contribution in [0.4, 0.5) is 5.69 Å². The van der Waals surface area contributed by atoms with Crippen molar-refractivity contribution in [1.82, 2.24) is 10.2 Å². The summed E-state index contributed by atoms with van der Waals surface area (Å²) in [5, 5.41) is 7.17. The molecule has 3 rings (SSSR count). The van der Waals surface area contributed by atoms with Gasteiger partial charge >= 0.3 is 0 Å². The number of nitrogens with zero attached hydrogens (tertiary/aromatic N) is 1. The van der Waals surface area contributed by atoms with Gasteiger partial charge in [0.15, 0.2) is 5.11 Å². The number of carbonyl (C=O) groups is 1. The molecule has 1 atom stereocenters. The fourth-order valence-corrected chi connectivity index (χ4v) is 3.67. The van der Waals surface area contributed by atoms with Crippen molar-refractivity contribution in [3.05, 3.63) is 65.7 Å². The number of likely N-dealkylation sites (tertiary alicyclic amines) is 1. The third-order valence-electron chi connectivity index (χ3n) is 4.95. The maximum atomic E-state index is 12.5. The quantitative estimate of drug-likeness (QED) is 0.734. The summed E-state index contributed by atoms with van der Waals surface area (Å²) in [5.74, 6) is 0.122. The molecule has 0 radical (unpaired) electrons. The van der Waals surface area contributed by atoms with Crippen molar-refractivity contribution >= 4 is 28.9 Å². The molecule has 0 unspecified atom stereocenters. The largest absolute Gasteiger partial charge is 0.356 e. The van der Waals surface area contributed by atoms with Crippen LogP contribution in [0.25, 0.3) is 0 Å². The maximum Gasteiger partial charge on any atom is 0.253 e. The van der Waals surface area contributed by atoms with Crippen LogP contribution >= 0.6 is 12.2 Å². The Hall–Kier alpha value is -2.40. The van der Waals surface area contributed by atoms with Crippen molar-refractivity contribution in [1.29, 1.82) is 0 Å². The Labute approximate surface area is 167 Å². The minimum absolute atomic E-state index is 0.122. The molecule has 2 N–H and O–H groups in total. The Morgan fingerprint density at radius 3 is 2.33 bits per heavy atom. The van der Waals surface area contributed by atoms with E-state index in [1.165, 1.54) is 12.0 Å². The number of hydrogen-bond donors (Lipinski definition) is 2. The Morgan fingerprint density at radius 1 is 1.04 bits per heavy atom.